The predicted octanol–water partition coefficient (Wildman–Crippen LogP) is 4.47. The molecule has 0 aliphatic heterocycles. The van der Waals surface area contributed by atoms with Gasteiger partial charge in [-0.25, -0.2) is 12.9 Å². The Morgan fingerprint density at radius 1 is 0.964 bits per heavy atom. The summed E-state index contributed by atoms with van der Waals surface area (Å²) in [5.41, 5.74) is 4.97. The normalized spacial score (nSPS) is 11.6. The van der Waals surface area contributed by atoms with Gasteiger partial charge in [0.2, 0.25) is 0 Å². The summed E-state index contributed by atoms with van der Waals surface area (Å²) in [6.45, 7) is 2.58. The zero-order chi connectivity index (χ0) is 19.7. The Kier molecular flexibility index (Phi) is 4.65. The summed E-state index contributed by atoms with van der Waals surface area (Å²) in [5, 5.41) is 4.41. The Bertz CT molecular complexity index is 1230. The summed E-state index contributed by atoms with van der Waals surface area (Å²) in [7, 11) is -3.23. The molecule has 2 aromatic heterocycles. The number of nitrogens with zero attached hydrogens (tertiary/aromatic N) is 2. The highest BCUT2D eigenvalue weighted by atomic mass is 32.2. The molecule has 5 nitrogen and oxygen atoms in total. The maximum Gasteiger partial charge on any atom is 0.175 e. The monoisotopic (exact) mass is 392 g/mol. The van der Waals surface area contributed by atoms with Gasteiger partial charge in [0.05, 0.1) is 17.0 Å². The molecule has 0 unspecified atom stereocenters. The smallest absolute Gasteiger partial charge is 0.175 e. The summed E-state index contributed by atoms with van der Waals surface area (Å²) < 4.78 is 31.0. The molecule has 0 N–H and O–H groups in total. The van der Waals surface area contributed by atoms with Crippen LogP contribution in [0.15, 0.2) is 78.0 Å². The Labute approximate surface area is 164 Å². The SMILES string of the molecule is CCOc1ccc(-c2cn3ncccc3c2-c2ccc(S(C)(=O)=O)cc2)cc1. The second-order valence-corrected chi connectivity index (χ2v) is 8.54. The lowest BCUT2D eigenvalue weighted by Gasteiger charge is -2.08. The van der Waals surface area contributed by atoms with Gasteiger partial charge in [0.1, 0.15) is 5.75 Å². The number of benzene rings is 2. The third-order valence-corrected chi connectivity index (χ3v) is 5.73. The van der Waals surface area contributed by atoms with Crippen molar-refractivity contribution in [3.63, 3.8) is 0 Å². The molecular weight excluding hydrogens is 372 g/mol. The molecule has 28 heavy (non-hydrogen) atoms. The van der Waals surface area contributed by atoms with Gasteiger partial charge in [-0.15, -0.1) is 0 Å². The number of hydrogen-bond donors (Lipinski definition) is 0. The van der Waals surface area contributed by atoms with E-state index < -0.39 is 9.84 Å². The molecule has 2 heterocycles. The van der Waals surface area contributed by atoms with Crippen LogP contribution in [0.2, 0.25) is 0 Å². The van der Waals surface area contributed by atoms with Crippen molar-refractivity contribution in [2.75, 3.05) is 12.9 Å². The molecule has 4 aromatic rings. The highest BCUT2D eigenvalue weighted by molar-refractivity contribution is 7.90. The third-order valence-electron chi connectivity index (χ3n) is 4.60. The van der Waals surface area contributed by atoms with Crippen LogP contribution >= 0.6 is 0 Å². The van der Waals surface area contributed by atoms with Crippen LogP contribution in [0.4, 0.5) is 0 Å². The van der Waals surface area contributed by atoms with Gasteiger partial charge in [-0.2, -0.15) is 5.10 Å². The summed E-state index contributed by atoms with van der Waals surface area (Å²) in [5.74, 6) is 0.826. The first kappa shape index (κ1) is 18.3. The predicted molar refractivity (Wildman–Crippen MR) is 110 cm³/mol. The van der Waals surface area contributed by atoms with Crippen molar-refractivity contribution in [3.8, 4) is 28.0 Å². The molecule has 0 amide bonds. The largest absolute Gasteiger partial charge is 0.494 e. The molecule has 0 aliphatic carbocycles. The van der Waals surface area contributed by atoms with Gasteiger partial charge in [0.25, 0.3) is 0 Å². The van der Waals surface area contributed by atoms with E-state index in [1.54, 1.807) is 18.3 Å². The van der Waals surface area contributed by atoms with Crippen molar-refractivity contribution in [3.05, 3.63) is 73.1 Å². The van der Waals surface area contributed by atoms with Crippen molar-refractivity contribution < 1.29 is 13.2 Å². The van der Waals surface area contributed by atoms with Crippen LogP contribution in [0.3, 0.4) is 0 Å². The number of aromatic nitrogens is 2. The first-order valence-corrected chi connectivity index (χ1v) is 10.9. The Balaban J connectivity index is 1.88. The van der Waals surface area contributed by atoms with Crippen LogP contribution in [-0.4, -0.2) is 30.9 Å². The second kappa shape index (κ2) is 7.13. The van der Waals surface area contributed by atoms with Crippen LogP contribution in [0, 0.1) is 0 Å². The van der Waals surface area contributed by atoms with Gasteiger partial charge in [-0.1, -0.05) is 24.3 Å². The number of ether oxygens (including phenoxy) is 1. The average Bonchev–Trinajstić information content (AvgIpc) is 3.08. The quantitative estimate of drug-likeness (QED) is 0.503. The highest BCUT2D eigenvalue weighted by Gasteiger charge is 2.16. The van der Waals surface area contributed by atoms with Gasteiger partial charge in [0, 0.05) is 29.8 Å². The van der Waals surface area contributed by atoms with Gasteiger partial charge in [0.15, 0.2) is 9.84 Å². The number of sulfone groups is 1. The molecule has 0 aliphatic rings. The lowest BCUT2D eigenvalue weighted by atomic mass is 9.97. The number of rotatable bonds is 5. The van der Waals surface area contributed by atoms with E-state index in [4.69, 9.17) is 4.74 Å². The topological polar surface area (TPSA) is 60.7 Å². The van der Waals surface area contributed by atoms with Crippen LogP contribution in [0.1, 0.15) is 6.92 Å². The zero-order valence-corrected chi connectivity index (χ0v) is 16.5. The molecule has 0 spiro atoms. The van der Waals surface area contributed by atoms with E-state index in [-0.39, 0.29) is 0 Å². The van der Waals surface area contributed by atoms with Crippen molar-refractivity contribution in [2.24, 2.45) is 0 Å². The fourth-order valence-electron chi connectivity index (χ4n) is 3.30. The molecule has 0 fully saturated rings. The molecule has 0 atom stereocenters. The van der Waals surface area contributed by atoms with Gasteiger partial charge < -0.3 is 4.74 Å². The fourth-order valence-corrected chi connectivity index (χ4v) is 3.93. The lowest BCUT2D eigenvalue weighted by Crippen LogP contribution is -1.96. The van der Waals surface area contributed by atoms with Crippen LogP contribution in [0.5, 0.6) is 5.75 Å². The minimum absolute atomic E-state index is 0.306. The number of fused-ring (bicyclic) bond motifs is 1. The standard InChI is InChI=1S/C22H20N2O3S/c1-3-27-18-10-6-16(7-11-18)20-15-24-21(5-4-14-23-24)22(20)17-8-12-19(13-9-17)28(2,25)26/h4-15H,3H2,1-2H3. The number of hydrogen-bond acceptors (Lipinski definition) is 4. The summed E-state index contributed by atoms with van der Waals surface area (Å²) in [4.78, 5) is 0.306. The Morgan fingerprint density at radius 3 is 2.29 bits per heavy atom. The summed E-state index contributed by atoms with van der Waals surface area (Å²) in [6.07, 6.45) is 4.95. The van der Waals surface area contributed by atoms with Gasteiger partial charge in [-0.3, -0.25) is 0 Å². The van der Waals surface area contributed by atoms with Crippen LogP contribution in [0.25, 0.3) is 27.8 Å². The molecule has 0 saturated carbocycles. The average molecular weight is 392 g/mol. The van der Waals surface area contributed by atoms with E-state index in [1.807, 2.05) is 66.2 Å². The van der Waals surface area contributed by atoms with E-state index >= 15 is 0 Å². The van der Waals surface area contributed by atoms with Gasteiger partial charge >= 0.3 is 0 Å². The molecule has 0 bridgehead atoms. The van der Waals surface area contributed by atoms with Crippen LogP contribution < -0.4 is 4.74 Å². The zero-order valence-electron chi connectivity index (χ0n) is 15.7. The van der Waals surface area contributed by atoms with Crippen molar-refractivity contribution in [1.82, 2.24) is 9.61 Å². The van der Waals surface area contributed by atoms with Crippen LogP contribution in [-0.2, 0) is 9.84 Å². The van der Waals surface area contributed by atoms with E-state index in [1.165, 1.54) is 6.26 Å². The maximum atomic E-state index is 11.8. The van der Waals surface area contributed by atoms with Crippen molar-refractivity contribution in [2.45, 2.75) is 11.8 Å². The molecule has 4 rings (SSSR count). The molecule has 0 saturated heterocycles. The molecule has 2 aromatic carbocycles. The minimum Gasteiger partial charge on any atom is -0.494 e. The maximum absolute atomic E-state index is 11.8. The Hall–Kier alpha value is -3.12. The lowest BCUT2D eigenvalue weighted by molar-refractivity contribution is 0.340. The molecule has 6 heteroatoms. The second-order valence-electron chi connectivity index (χ2n) is 6.53. The molecule has 142 valence electrons. The van der Waals surface area contributed by atoms with E-state index in [9.17, 15) is 8.42 Å². The molecular formula is C22H20N2O3S. The first-order chi connectivity index (χ1) is 13.5. The van der Waals surface area contributed by atoms with Crippen molar-refractivity contribution in [1.29, 1.82) is 0 Å². The van der Waals surface area contributed by atoms with Gasteiger partial charge in [-0.05, 0) is 54.4 Å². The Morgan fingerprint density at radius 2 is 1.64 bits per heavy atom. The summed E-state index contributed by atoms with van der Waals surface area (Å²) >= 11 is 0. The highest BCUT2D eigenvalue weighted by Crippen LogP contribution is 2.37. The van der Waals surface area contributed by atoms with E-state index in [2.05, 4.69) is 5.10 Å². The van der Waals surface area contributed by atoms with Crippen molar-refractivity contribution >= 4 is 15.4 Å². The third kappa shape index (κ3) is 3.39. The van der Waals surface area contributed by atoms with E-state index in [0.717, 1.165) is 33.5 Å². The minimum atomic E-state index is -3.23. The fraction of sp³-hybridized carbons (Fsp3) is 0.136. The first-order valence-electron chi connectivity index (χ1n) is 8.97. The molecule has 0 radical (unpaired) electrons. The summed E-state index contributed by atoms with van der Waals surface area (Å²) in [6, 6.07) is 18.8. The van der Waals surface area contributed by atoms with E-state index in [0.29, 0.717) is 11.5 Å².